The lowest BCUT2D eigenvalue weighted by atomic mass is 10.1. The van der Waals surface area contributed by atoms with Gasteiger partial charge in [0.25, 0.3) is 0 Å². The van der Waals surface area contributed by atoms with Gasteiger partial charge in [0, 0.05) is 0 Å². The van der Waals surface area contributed by atoms with Crippen molar-refractivity contribution in [2.24, 2.45) is 27.2 Å². The molecule has 0 radical (unpaired) electrons. The van der Waals surface area contributed by atoms with Gasteiger partial charge in [-0.15, -0.1) is 12.4 Å². The zero-order chi connectivity index (χ0) is 12.1. The monoisotopic (exact) mass is 275 g/mol. The Morgan fingerprint density at radius 1 is 1.29 bits per heavy atom. The van der Waals surface area contributed by atoms with Crippen LogP contribution in [-0.4, -0.2) is 11.9 Å². The van der Waals surface area contributed by atoms with Gasteiger partial charge in [-0.2, -0.15) is 4.99 Å². The van der Waals surface area contributed by atoms with Crippen LogP contribution >= 0.6 is 24.0 Å². The molecule has 0 aromatic heterocycles. The maximum atomic E-state index is 6.02. The second kappa shape index (κ2) is 6.98. The molecule has 0 spiro atoms. The third kappa shape index (κ3) is 4.50. The Kier molecular flexibility index (Phi) is 6.38. The van der Waals surface area contributed by atoms with E-state index in [2.05, 4.69) is 9.98 Å². The Labute approximate surface area is 111 Å². The quantitative estimate of drug-likeness (QED) is 0.564. The smallest absolute Gasteiger partial charge is 0.223 e. The third-order valence-electron chi connectivity index (χ3n) is 1.92. The molecular formula is C10H15Cl2N5. The summed E-state index contributed by atoms with van der Waals surface area (Å²) in [5, 5.41) is 0.521. The van der Waals surface area contributed by atoms with Crippen LogP contribution < -0.4 is 17.2 Å². The van der Waals surface area contributed by atoms with E-state index in [4.69, 9.17) is 28.8 Å². The summed E-state index contributed by atoms with van der Waals surface area (Å²) < 4.78 is 0. The van der Waals surface area contributed by atoms with E-state index < -0.39 is 0 Å². The lowest BCUT2D eigenvalue weighted by Gasteiger charge is -2.05. The molecule has 0 saturated heterocycles. The van der Waals surface area contributed by atoms with Crippen molar-refractivity contribution >= 4 is 41.6 Å². The maximum absolute atomic E-state index is 6.02. The molecule has 6 N–H and O–H groups in total. The molecule has 0 saturated carbocycles. The van der Waals surface area contributed by atoms with Crippen LogP contribution in [0.5, 0.6) is 0 Å². The van der Waals surface area contributed by atoms with Crippen molar-refractivity contribution < 1.29 is 0 Å². The number of halogens is 2. The minimum Gasteiger partial charge on any atom is -0.370 e. The number of benzene rings is 1. The first-order valence-corrected chi connectivity index (χ1v) is 5.13. The summed E-state index contributed by atoms with van der Waals surface area (Å²) in [5.74, 6) is -0.144. The highest BCUT2D eigenvalue weighted by molar-refractivity contribution is 6.33. The minimum atomic E-state index is -0.133. The highest BCUT2D eigenvalue weighted by atomic mass is 35.5. The second-order valence-electron chi connectivity index (χ2n) is 3.11. The number of guanidine groups is 2. The fraction of sp³-hybridized carbons (Fsp3) is 0.200. The average molecular weight is 276 g/mol. The molecule has 17 heavy (non-hydrogen) atoms. The fourth-order valence-corrected chi connectivity index (χ4v) is 1.48. The second-order valence-corrected chi connectivity index (χ2v) is 3.51. The zero-order valence-corrected chi connectivity index (χ0v) is 10.9. The van der Waals surface area contributed by atoms with Crippen molar-refractivity contribution in [3.63, 3.8) is 0 Å². The van der Waals surface area contributed by atoms with Gasteiger partial charge in [-0.1, -0.05) is 30.7 Å². The first-order valence-electron chi connectivity index (χ1n) is 4.75. The highest BCUT2D eigenvalue weighted by Gasteiger charge is 2.04. The summed E-state index contributed by atoms with van der Waals surface area (Å²) in [7, 11) is 0. The van der Waals surface area contributed by atoms with Gasteiger partial charge in [0.05, 0.1) is 10.7 Å². The van der Waals surface area contributed by atoms with Gasteiger partial charge in [0.2, 0.25) is 5.96 Å². The number of hydrogen-bond acceptors (Lipinski definition) is 1. The van der Waals surface area contributed by atoms with E-state index in [1.165, 1.54) is 0 Å². The van der Waals surface area contributed by atoms with E-state index >= 15 is 0 Å². The summed E-state index contributed by atoms with van der Waals surface area (Å²) >= 11 is 6.02. The molecule has 0 fully saturated rings. The molecule has 0 amide bonds. The molecule has 7 heteroatoms. The van der Waals surface area contributed by atoms with E-state index in [-0.39, 0.29) is 24.3 Å². The van der Waals surface area contributed by atoms with E-state index in [0.717, 1.165) is 12.0 Å². The molecule has 0 unspecified atom stereocenters. The van der Waals surface area contributed by atoms with Gasteiger partial charge >= 0.3 is 0 Å². The normalized spacial score (nSPS) is 10.6. The molecule has 5 nitrogen and oxygen atoms in total. The summed E-state index contributed by atoms with van der Waals surface area (Å²) in [5.41, 5.74) is 17.5. The average Bonchev–Trinajstić information content (AvgIpc) is 2.20. The van der Waals surface area contributed by atoms with Crippen LogP contribution in [0.15, 0.2) is 28.2 Å². The summed E-state index contributed by atoms with van der Waals surface area (Å²) in [6.07, 6.45) is 0.800. The van der Waals surface area contributed by atoms with Crippen molar-refractivity contribution in [3.8, 4) is 0 Å². The number of rotatable bonds is 2. The van der Waals surface area contributed by atoms with Crippen LogP contribution in [0.3, 0.4) is 0 Å². The predicted molar refractivity (Wildman–Crippen MR) is 75.2 cm³/mol. The number of hydrogen-bond donors (Lipinski definition) is 3. The number of aliphatic imine (C=N–C) groups is 2. The van der Waals surface area contributed by atoms with Crippen LogP contribution in [0.1, 0.15) is 12.5 Å². The van der Waals surface area contributed by atoms with Gasteiger partial charge in [0.15, 0.2) is 5.96 Å². The topological polar surface area (TPSA) is 103 Å². The van der Waals surface area contributed by atoms with Gasteiger partial charge in [-0.05, 0) is 18.1 Å². The molecule has 94 valence electrons. The number of aryl methyl sites for hydroxylation is 1. The Balaban J connectivity index is 0.00000256. The molecule has 0 heterocycles. The predicted octanol–water partition coefficient (Wildman–Crippen LogP) is 1.54. The van der Waals surface area contributed by atoms with Gasteiger partial charge in [-0.3, -0.25) is 0 Å². The van der Waals surface area contributed by atoms with Crippen molar-refractivity contribution in [1.82, 2.24) is 0 Å². The first kappa shape index (κ1) is 15.5. The molecule has 0 aliphatic carbocycles. The van der Waals surface area contributed by atoms with E-state index in [9.17, 15) is 0 Å². The van der Waals surface area contributed by atoms with E-state index in [1.54, 1.807) is 6.07 Å². The largest absolute Gasteiger partial charge is 0.370 e. The SMILES string of the molecule is CCc1cccc(Cl)c1N=C(N)N=C(N)N.Cl. The Bertz CT molecular complexity index is 438. The fourth-order valence-electron chi connectivity index (χ4n) is 1.24. The molecule has 1 aromatic carbocycles. The Morgan fingerprint density at radius 3 is 2.47 bits per heavy atom. The van der Waals surface area contributed by atoms with Gasteiger partial charge < -0.3 is 17.2 Å². The van der Waals surface area contributed by atoms with Crippen LogP contribution in [-0.2, 0) is 6.42 Å². The lowest BCUT2D eigenvalue weighted by Crippen LogP contribution is -2.26. The molecular weight excluding hydrogens is 261 g/mol. The summed E-state index contributed by atoms with van der Waals surface area (Å²) in [6.45, 7) is 2.00. The van der Waals surface area contributed by atoms with Crippen molar-refractivity contribution in [2.75, 3.05) is 0 Å². The van der Waals surface area contributed by atoms with Crippen LogP contribution in [0.2, 0.25) is 5.02 Å². The van der Waals surface area contributed by atoms with Crippen LogP contribution in [0.25, 0.3) is 0 Å². The molecule has 0 bridgehead atoms. The lowest BCUT2D eigenvalue weighted by molar-refractivity contribution is 1.13. The van der Waals surface area contributed by atoms with Gasteiger partial charge in [0.1, 0.15) is 0 Å². The third-order valence-corrected chi connectivity index (χ3v) is 2.23. The standard InChI is InChI=1S/C10H14ClN5.ClH/c1-2-6-4-3-5-7(11)8(6)15-10(14)16-9(12)13;/h3-5H,2H2,1H3,(H6,12,13,14,15,16);1H. The molecule has 0 atom stereocenters. The first-order chi connectivity index (χ1) is 7.54. The maximum Gasteiger partial charge on any atom is 0.223 e. The van der Waals surface area contributed by atoms with Crippen LogP contribution in [0.4, 0.5) is 5.69 Å². The summed E-state index contributed by atoms with van der Waals surface area (Å²) in [4.78, 5) is 7.71. The summed E-state index contributed by atoms with van der Waals surface area (Å²) in [6, 6.07) is 5.52. The number of para-hydroxylation sites is 1. The number of nitrogens with zero attached hydrogens (tertiary/aromatic N) is 2. The molecule has 0 aliphatic rings. The Morgan fingerprint density at radius 2 is 1.94 bits per heavy atom. The van der Waals surface area contributed by atoms with Crippen molar-refractivity contribution in [3.05, 3.63) is 28.8 Å². The van der Waals surface area contributed by atoms with Gasteiger partial charge in [-0.25, -0.2) is 4.99 Å². The van der Waals surface area contributed by atoms with Crippen molar-refractivity contribution in [1.29, 1.82) is 0 Å². The minimum absolute atomic E-state index is 0. The Hall–Kier alpha value is -1.46. The molecule has 1 aromatic rings. The van der Waals surface area contributed by atoms with E-state index in [0.29, 0.717) is 10.7 Å². The van der Waals surface area contributed by atoms with Crippen LogP contribution in [0, 0.1) is 0 Å². The molecule has 1 rings (SSSR count). The highest BCUT2D eigenvalue weighted by Crippen LogP contribution is 2.29. The number of nitrogens with two attached hydrogens (primary N) is 3. The van der Waals surface area contributed by atoms with E-state index in [1.807, 2.05) is 19.1 Å². The van der Waals surface area contributed by atoms with Crippen molar-refractivity contribution in [2.45, 2.75) is 13.3 Å². The zero-order valence-electron chi connectivity index (χ0n) is 9.35. The molecule has 0 aliphatic heterocycles.